The van der Waals surface area contributed by atoms with Gasteiger partial charge < -0.3 is 5.73 Å². The fourth-order valence-corrected chi connectivity index (χ4v) is 3.92. The van der Waals surface area contributed by atoms with Crippen molar-refractivity contribution in [1.29, 1.82) is 0 Å². The molecule has 1 aliphatic rings. The number of nitrogens with zero attached hydrogens (tertiary/aromatic N) is 1. The first-order chi connectivity index (χ1) is 9.05. The average molecular weight is 278 g/mol. The lowest BCUT2D eigenvalue weighted by atomic mass is 10.2. The minimum Gasteiger partial charge on any atom is -0.320 e. The molecule has 0 bridgehead atoms. The van der Waals surface area contributed by atoms with E-state index in [9.17, 15) is 8.42 Å². The average Bonchev–Trinajstić information content (AvgIpc) is 2.84. The summed E-state index contributed by atoms with van der Waals surface area (Å²) in [5, 5.41) is 0. The predicted octanol–water partition coefficient (Wildman–Crippen LogP) is 1.03. The molecule has 1 aromatic carbocycles. The predicted molar refractivity (Wildman–Crippen MR) is 74.9 cm³/mol. The number of hydrogen-bond donors (Lipinski definition) is 1. The van der Waals surface area contributed by atoms with Crippen LogP contribution in [0, 0.1) is 17.8 Å². The van der Waals surface area contributed by atoms with Crippen molar-refractivity contribution in [2.75, 3.05) is 19.6 Å². The summed E-state index contributed by atoms with van der Waals surface area (Å²) in [7, 11) is -3.44. The highest BCUT2D eigenvalue weighted by molar-refractivity contribution is 7.89. The van der Waals surface area contributed by atoms with Crippen molar-refractivity contribution in [2.24, 2.45) is 11.7 Å². The van der Waals surface area contributed by atoms with Crippen molar-refractivity contribution in [1.82, 2.24) is 4.31 Å². The third kappa shape index (κ3) is 2.98. The molecule has 1 unspecified atom stereocenters. The first kappa shape index (κ1) is 14.1. The Morgan fingerprint density at radius 3 is 2.79 bits per heavy atom. The molecule has 5 heteroatoms. The molecule has 102 valence electrons. The number of sulfonamides is 1. The van der Waals surface area contributed by atoms with Gasteiger partial charge in [-0.25, -0.2) is 8.42 Å². The molecule has 1 aromatic rings. The Bertz CT molecular complexity index is 614. The van der Waals surface area contributed by atoms with Crippen LogP contribution in [-0.4, -0.2) is 32.4 Å². The van der Waals surface area contributed by atoms with E-state index in [1.54, 1.807) is 28.6 Å². The Balaban J connectivity index is 2.41. The molecule has 0 spiro atoms. The Morgan fingerprint density at radius 2 is 2.16 bits per heavy atom. The van der Waals surface area contributed by atoms with Crippen molar-refractivity contribution in [3.63, 3.8) is 0 Å². The zero-order chi connectivity index (χ0) is 13.9. The number of benzene rings is 1. The monoisotopic (exact) mass is 278 g/mol. The van der Waals surface area contributed by atoms with Gasteiger partial charge in [0.25, 0.3) is 0 Å². The van der Waals surface area contributed by atoms with Crippen LogP contribution in [-0.2, 0) is 10.0 Å². The van der Waals surface area contributed by atoms with Crippen LogP contribution in [0.1, 0.15) is 18.9 Å². The molecular formula is C14H18N2O2S. The molecule has 1 atom stereocenters. The van der Waals surface area contributed by atoms with Crippen molar-refractivity contribution >= 4 is 10.0 Å². The maximum absolute atomic E-state index is 12.6. The minimum atomic E-state index is -3.44. The SMILES string of the molecule is CC1CCN(S(=O)(=O)c2ccccc2C#CCN)C1. The molecule has 1 aliphatic heterocycles. The highest BCUT2D eigenvalue weighted by atomic mass is 32.2. The fraction of sp³-hybridized carbons (Fsp3) is 0.429. The number of rotatable bonds is 2. The second kappa shape index (κ2) is 5.74. The van der Waals surface area contributed by atoms with E-state index in [0.29, 0.717) is 24.6 Å². The van der Waals surface area contributed by atoms with Gasteiger partial charge in [-0.1, -0.05) is 30.9 Å². The summed E-state index contributed by atoms with van der Waals surface area (Å²) >= 11 is 0. The maximum Gasteiger partial charge on any atom is 0.244 e. The summed E-state index contributed by atoms with van der Waals surface area (Å²) in [6.07, 6.45) is 0.913. The lowest BCUT2D eigenvalue weighted by Gasteiger charge is -2.17. The van der Waals surface area contributed by atoms with Crippen molar-refractivity contribution in [3.8, 4) is 11.8 Å². The van der Waals surface area contributed by atoms with E-state index in [1.807, 2.05) is 0 Å². The van der Waals surface area contributed by atoms with Crippen molar-refractivity contribution in [3.05, 3.63) is 29.8 Å². The Morgan fingerprint density at radius 1 is 1.42 bits per heavy atom. The van der Waals surface area contributed by atoms with Gasteiger partial charge in [-0.15, -0.1) is 0 Å². The van der Waals surface area contributed by atoms with Gasteiger partial charge >= 0.3 is 0 Å². The highest BCUT2D eigenvalue weighted by Gasteiger charge is 2.31. The maximum atomic E-state index is 12.6. The van der Waals surface area contributed by atoms with E-state index in [0.717, 1.165) is 6.42 Å². The van der Waals surface area contributed by atoms with Crippen LogP contribution in [0.25, 0.3) is 0 Å². The van der Waals surface area contributed by atoms with Gasteiger partial charge in [0.1, 0.15) is 0 Å². The third-order valence-electron chi connectivity index (χ3n) is 3.22. The van der Waals surface area contributed by atoms with Gasteiger partial charge in [-0.3, -0.25) is 0 Å². The first-order valence-corrected chi connectivity index (χ1v) is 7.78. The standard InChI is InChI=1S/C14H18N2O2S/c1-12-8-10-16(11-12)19(17,18)14-7-3-2-5-13(14)6-4-9-15/h2-3,5,7,12H,8-11,15H2,1H3. The van der Waals surface area contributed by atoms with E-state index in [4.69, 9.17) is 5.73 Å². The Labute approximate surface area is 114 Å². The first-order valence-electron chi connectivity index (χ1n) is 6.34. The number of hydrogen-bond acceptors (Lipinski definition) is 3. The molecule has 0 aliphatic carbocycles. The van der Waals surface area contributed by atoms with Crippen LogP contribution in [0.5, 0.6) is 0 Å². The second-order valence-electron chi connectivity index (χ2n) is 4.76. The molecule has 2 N–H and O–H groups in total. The molecule has 0 radical (unpaired) electrons. The molecule has 1 fully saturated rings. The molecule has 0 amide bonds. The van der Waals surface area contributed by atoms with Gasteiger partial charge in [-0.2, -0.15) is 4.31 Å². The smallest absolute Gasteiger partial charge is 0.244 e. The van der Waals surface area contributed by atoms with E-state index in [-0.39, 0.29) is 11.4 Å². The second-order valence-corrected chi connectivity index (χ2v) is 6.67. The molecular weight excluding hydrogens is 260 g/mol. The molecule has 0 aromatic heterocycles. The summed E-state index contributed by atoms with van der Waals surface area (Å²) in [5.41, 5.74) is 5.86. The zero-order valence-electron chi connectivity index (χ0n) is 11.0. The zero-order valence-corrected chi connectivity index (χ0v) is 11.8. The van der Waals surface area contributed by atoms with E-state index >= 15 is 0 Å². The summed E-state index contributed by atoms with van der Waals surface area (Å²) < 4.78 is 26.7. The van der Waals surface area contributed by atoms with E-state index in [1.165, 1.54) is 0 Å². The lowest BCUT2D eigenvalue weighted by Crippen LogP contribution is -2.29. The molecule has 0 saturated carbocycles. The van der Waals surface area contributed by atoms with Crippen LogP contribution >= 0.6 is 0 Å². The van der Waals surface area contributed by atoms with Crippen LogP contribution in [0.4, 0.5) is 0 Å². The van der Waals surface area contributed by atoms with Crippen LogP contribution in [0.15, 0.2) is 29.2 Å². The summed E-state index contributed by atoms with van der Waals surface area (Å²) in [6, 6.07) is 6.83. The Hall–Kier alpha value is -1.35. The summed E-state index contributed by atoms with van der Waals surface area (Å²) in [5.74, 6) is 5.96. The van der Waals surface area contributed by atoms with E-state index < -0.39 is 10.0 Å². The van der Waals surface area contributed by atoms with Crippen LogP contribution in [0.2, 0.25) is 0 Å². The molecule has 1 saturated heterocycles. The molecule has 19 heavy (non-hydrogen) atoms. The van der Waals surface area contributed by atoms with Crippen molar-refractivity contribution in [2.45, 2.75) is 18.2 Å². The molecule has 1 heterocycles. The lowest BCUT2D eigenvalue weighted by molar-refractivity contribution is 0.464. The minimum absolute atomic E-state index is 0.217. The normalized spacial score (nSPS) is 20.0. The third-order valence-corrected chi connectivity index (χ3v) is 5.14. The largest absolute Gasteiger partial charge is 0.320 e. The van der Waals surface area contributed by atoms with Crippen LogP contribution in [0.3, 0.4) is 0 Å². The summed E-state index contributed by atoms with van der Waals surface area (Å²) in [4.78, 5) is 0.282. The van der Waals surface area contributed by atoms with Crippen LogP contribution < -0.4 is 5.73 Å². The van der Waals surface area contributed by atoms with Gasteiger partial charge in [0.2, 0.25) is 10.0 Å². The molecule has 2 rings (SSSR count). The summed E-state index contributed by atoms with van der Waals surface area (Å²) in [6.45, 7) is 3.45. The van der Waals surface area contributed by atoms with E-state index in [2.05, 4.69) is 18.8 Å². The Kier molecular flexibility index (Phi) is 4.25. The van der Waals surface area contributed by atoms with Crippen molar-refractivity contribution < 1.29 is 8.42 Å². The van der Waals surface area contributed by atoms with Gasteiger partial charge in [-0.05, 0) is 24.5 Å². The number of nitrogens with two attached hydrogens (primary N) is 1. The highest BCUT2D eigenvalue weighted by Crippen LogP contribution is 2.25. The topological polar surface area (TPSA) is 63.4 Å². The van der Waals surface area contributed by atoms with Gasteiger partial charge in [0, 0.05) is 18.7 Å². The molecule has 4 nitrogen and oxygen atoms in total. The van der Waals surface area contributed by atoms with Gasteiger partial charge in [0.05, 0.1) is 11.4 Å². The van der Waals surface area contributed by atoms with Gasteiger partial charge in [0.15, 0.2) is 0 Å². The fourth-order valence-electron chi connectivity index (χ4n) is 2.19. The quantitative estimate of drug-likeness (QED) is 0.822.